The van der Waals surface area contributed by atoms with Crippen LogP contribution in [0.25, 0.3) is 0 Å². The predicted molar refractivity (Wildman–Crippen MR) is 59.2 cm³/mol. The van der Waals surface area contributed by atoms with Crippen LogP contribution in [0.3, 0.4) is 0 Å². The van der Waals surface area contributed by atoms with Crippen LogP contribution in [-0.4, -0.2) is 16.8 Å². The van der Waals surface area contributed by atoms with Gasteiger partial charge in [0, 0.05) is 11.7 Å². The highest BCUT2D eigenvalue weighted by atomic mass is 32.2. The van der Waals surface area contributed by atoms with Crippen molar-refractivity contribution in [3.63, 3.8) is 0 Å². The lowest BCUT2D eigenvalue weighted by molar-refractivity contribution is -0.117. The molecule has 0 aromatic heterocycles. The molecule has 0 amide bonds. The number of ketones is 1. The average Bonchev–Trinajstić information content (AvgIpc) is 2.14. The molecule has 0 bridgehead atoms. The van der Waals surface area contributed by atoms with Crippen molar-refractivity contribution in [3.8, 4) is 0 Å². The summed E-state index contributed by atoms with van der Waals surface area (Å²) in [6.07, 6.45) is 8.71. The van der Waals surface area contributed by atoms with Gasteiger partial charge in [0.15, 0.2) is 0 Å². The Balaban J connectivity index is 1.95. The molecular weight excluding hydrogens is 180 g/mol. The molecule has 1 saturated heterocycles. The van der Waals surface area contributed by atoms with E-state index >= 15 is 0 Å². The Labute approximate surface area is 85.7 Å². The van der Waals surface area contributed by atoms with E-state index in [1.807, 2.05) is 0 Å². The van der Waals surface area contributed by atoms with Gasteiger partial charge < -0.3 is 4.79 Å². The van der Waals surface area contributed by atoms with Gasteiger partial charge in [-0.2, -0.15) is 11.8 Å². The van der Waals surface area contributed by atoms with E-state index in [0.29, 0.717) is 5.78 Å². The van der Waals surface area contributed by atoms with Crippen LogP contribution in [0.5, 0.6) is 0 Å². The molecular formula is C11H20OS. The van der Waals surface area contributed by atoms with Crippen LogP contribution in [-0.2, 0) is 4.79 Å². The summed E-state index contributed by atoms with van der Waals surface area (Å²) in [7, 11) is 0. The van der Waals surface area contributed by atoms with Crippen LogP contribution in [0.1, 0.15) is 51.9 Å². The first-order valence-electron chi connectivity index (χ1n) is 5.40. The Bertz CT molecular complexity index is 150. The second kappa shape index (κ2) is 6.47. The van der Waals surface area contributed by atoms with Crippen molar-refractivity contribution in [3.05, 3.63) is 0 Å². The molecule has 1 fully saturated rings. The number of hydrogen-bond donors (Lipinski definition) is 0. The minimum Gasteiger partial charge on any atom is -0.300 e. The summed E-state index contributed by atoms with van der Waals surface area (Å²) in [6.45, 7) is 1.69. The van der Waals surface area contributed by atoms with E-state index in [0.717, 1.165) is 18.1 Å². The summed E-state index contributed by atoms with van der Waals surface area (Å²) in [5, 5.41) is 0.903. The van der Waals surface area contributed by atoms with Gasteiger partial charge in [0.05, 0.1) is 0 Å². The first-order chi connectivity index (χ1) is 6.29. The monoisotopic (exact) mass is 200 g/mol. The SMILES string of the molecule is CC(=O)CCCCC1CCCCS1. The molecule has 76 valence electrons. The third-order valence-corrected chi connectivity index (χ3v) is 4.05. The topological polar surface area (TPSA) is 17.1 Å². The zero-order valence-electron chi connectivity index (χ0n) is 8.55. The maximum Gasteiger partial charge on any atom is 0.129 e. The maximum atomic E-state index is 10.7. The van der Waals surface area contributed by atoms with Gasteiger partial charge in [-0.1, -0.05) is 12.8 Å². The van der Waals surface area contributed by atoms with E-state index in [4.69, 9.17) is 0 Å². The van der Waals surface area contributed by atoms with Crippen LogP contribution >= 0.6 is 11.8 Å². The minimum atomic E-state index is 0.344. The predicted octanol–water partition coefficient (Wildman–Crippen LogP) is 3.42. The fourth-order valence-corrected chi connectivity index (χ4v) is 3.15. The molecule has 0 spiro atoms. The molecule has 0 saturated carbocycles. The van der Waals surface area contributed by atoms with E-state index in [1.165, 1.54) is 37.9 Å². The molecule has 0 aromatic rings. The molecule has 1 nitrogen and oxygen atoms in total. The molecule has 1 aliphatic rings. The van der Waals surface area contributed by atoms with E-state index in [2.05, 4.69) is 11.8 Å². The molecule has 2 heteroatoms. The van der Waals surface area contributed by atoms with Gasteiger partial charge in [-0.05, 0) is 38.4 Å². The second-order valence-corrected chi connectivity index (χ2v) is 5.34. The van der Waals surface area contributed by atoms with Gasteiger partial charge in [0.1, 0.15) is 5.78 Å². The Morgan fingerprint density at radius 2 is 2.23 bits per heavy atom. The molecule has 0 aliphatic carbocycles. The van der Waals surface area contributed by atoms with Crippen molar-refractivity contribution in [1.29, 1.82) is 0 Å². The smallest absolute Gasteiger partial charge is 0.129 e. The first kappa shape index (κ1) is 11.1. The van der Waals surface area contributed by atoms with Gasteiger partial charge >= 0.3 is 0 Å². The highest BCUT2D eigenvalue weighted by Crippen LogP contribution is 2.28. The Hall–Kier alpha value is 0.0200. The molecule has 13 heavy (non-hydrogen) atoms. The molecule has 1 unspecified atom stereocenters. The van der Waals surface area contributed by atoms with E-state index in [1.54, 1.807) is 6.92 Å². The van der Waals surface area contributed by atoms with Gasteiger partial charge in [-0.3, -0.25) is 0 Å². The normalized spacial score (nSPS) is 23.0. The Kier molecular flexibility index (Phi) is 5.52. The van der Waals surface area contributed by atoms with Gasteiger partial charge in [0.2, 0.25) is 0 Å². The zero-order chi connectivity index (χ0) is 9.52. The fraction of sp³-hybridized carbons (Fsp3) is 0.909. The van der Waals surface area contributed by atoms with Gasteiger partial charge in [-0.15, -0.1) is 0 Å². The van der Waals surface area contributed by atoms with Crippen LogP contribution < -0.4 is 0 Å². The molecule has 0 aromatic carbocycles. The third kappa shape index (κ3) is 5.35. The van der Waals surface area contributed by atoms with Crippen molar-refractivity contribution < 1.29 is 4.79 Å². The summed E-state index contributed by atoms with van der Waals surface area (Å²) in [5.41, 5.74) is 0. The van der Waals surface area contributed by atoms with Crippen molar-refractivity contribution in [1.82, 2.24) is 0 Å². The van der Waals surface area contributed by atoms with Crippen LogP contribution in [0.4, 0.5) is 0 Å². The fourth-order valence-electron chi connectivity index (χ4n) is 1.78. The first-order valence-corrected chi connectivity index (χ1v) is 6.45. The lowest BCUT2D eigenvalue weighted by Crippen LogP contribution is -2.09. The van der Waals surface area contributed by atoms with Crippen LogP contribution in [0.15, 0.2) is 0 Å². The van der Waals surface area contributed by atoms with Crippen molar-refractivity contribution in [2.24, 2.45) is 0 Å². The molecule has 1 heterocycles. The molecule has 1 atom stereocenters. The molecule has 0 N–H and O–H groups in total. The zero-order valence-corrected chi connectivity index (χ0v) is 9.37. The summed E-state index contributed by atoms with van der Waals surface area (Å²) >= 11 is 2.14. The van der Waals surface area contributed by atoms with E-state index in [9.17, 15) is 4.79 Å². The van der Waals surface area contributed by atoms with Crippen LogP contribution in [0, 0.1) is 0 Å². The number of unbranched alkanes of at least 4 members (excludes halogenated alkanes) is 1. The average molecular weight is 200 g/mol. The van der Waals surface area contributed by atoms with Crippen LogP contribution in [0.2, 0.25) is 0 Å². The number of hydrogen-bond acceptors (Lipinski definition) is 2. The van der Waals surface area contributed by atoms with Crippen molar-refractivity contribution >= 4 is 17.5 Å². The summed E-state index contributed by atoms with van der Waals surface area (Å²) in [4.78, 5) is 10.7. The summed E-state index contributed by atoms with van der Waals surface area (Å²) in [6, 6.07) is 0. The number of carbonyl (C=O) groups is 1. The lowest BCUT2D eigenvalue weighted by atomic mass is 10.1. The van der Waals surface area contributed by atoms with E-state index < -0.39 is 0 Å². The minimum absolute atomic E-state index is 0.344. The highest BCUT2D eigenvalue weighted by Gasteiger charge is 2.12. The van der Waals surface area contributed by atoms with Gasteiger partial charge in [-0.25, -0.2) is 0 Å². The standard InChI is InChI=1S/C11H20OS/c1-10(12)6-2-3-7-11-8-4-5-9-13-11/h11H,2-9H2,1H3. The number of thioether (sulfide) groups is 1. The number of carbonyl (C=O) groups excluding carboxylic acids is 1. The molecule has 1 rings (SSSR count). The summed E-state index contributed by atoms with van der Waals surface area (Å²) < 4.78 is 0. The third-order valence-electron chi connectivity index (χ3n) is 2.58. The Morgan fingerprint density at radius 3 is 2.85 bits per heavy atom. The number of rotatable bonds is 5. The van der Waals surface area contributed by atoms with Crippen molar-refractivity contribution in [2.45, 2.75) is 57.1 Å². The summed E-state index contributed by atoms with van der Waals surface area (Å²) in [5.74, 6) is 1.70. The van der Waals surface area contributed by atoms with Gasteiger partial charge in [0.25, 0.3) is 0 Å². The maximum absolute atomic E-state index is 10.7. The molecule has 1 aliphatic heterocycles. The quantitative estimate of drug-likeness (QED) is 0.633. The number of Topliss-reactive ketones (excluding diaryl/α,β-unsaturated/α-hetero) is 1. The molecule has 0 radical (unpaired) electrons. The van der Waals surface area contributed by atoms with E-state index in [-0.39, 0.29) is 0 Å². The largest absolute Gasteiger partial charge is 0.300 e. The van der Waals surface area contributed by atoms with Crippen molar-refractivity contribution in [2.75, 3.05) is 5.75 Å². The second-order valence-electron chi connectivity index (χ2n) is 3.94. The Morgan fingerprint density at radius 1 is 1.38 bits per heavy atom. The highest BCUT2D eigenvalue weighted by molar-refractivity contribution is 7.99. The lowest BCUT2D eigenvalue weighted by Gasteiger charge is -2.20.